The third kappa shape index (κ3) is 6.69. The van der Waals surface area contributed by atoms with Gasteiger partial charge in [0.05, 0.1) is 5.60 Å². The third-order valence-electron chi connectivity index (χ3n) is 3.62. The number of nitrogens with one attached hydrogen (secondary N) is 1. The molecule has 0 amide bonds. The van der Waals surface area contributed by atoms with Crippen LogP contribution in [-0.2, 0) is 11.2 Å². The number of rotatable bonds is 9. The molecule has 0 aliphatic heterocycles. The normalized spacial score (nSPS) is 13.5. The molecule has 3 heteroatoms. The summed E-state index contributed by atoms with van der Waals surface area (Å²) < 4.78 is 5.49. The van der Waals surface area contributed by atoms with Crippen LogP contribution in [0.5, 0.6) is 0 Å². The fourth-order valence-corrected chi connectivity index (χ4v) is 2.13. The van der Waals surface area contributed by atoms with Crippen LogP contribution in [0, 0.1) is 0 Å². The van der Waals surface area contributed by atoms with Crippen LogP contribution in [0.1, 0.15) is 45.7 Å². The summed E-state index contributed by atoms with van der Waals surface area (Å²) in [5, 5.41) is 3.57. The average molecular weight is 264 g/mol. The van der Waals surface area contributed by atoms with E-state index in [2.05, 4.69) is 43.2 Å². The van der Waals surface area contributed by atoms with E-state index < -0.39 is 0 Å². The van der Waals surface area contributed by atoms with Crippen molar-refractivity contribution in [2.75, 3.05) is 13.7 Å². The standard InChI is InChI=1S/C16H28N2O/c1-5-17-15(11-12-16(2,3)19-4)10-9-14-8-6-7-13-18-14/h6-8,13,15,17H,5,9-12H2,1-4H3. The first-order valence-electron chi connectivity index (χ1n) is 7.26. The first-order chi connectivity index (χ1) is 9.07. The van der Waals surface area contributed by atoms with Gasteiger partial charge in [-0.3, -0.25) is 4.98 Å². The molecule has 0 saturated carbocycles. The van der Waals surface area contributed by atoms with E-state index in [-0.39, 0.29) is 5.60 Å². The maximum atomic E-state index is 5.49. The van der Waals surface area contributed by atoms with Crippen molar-refractivity contribution in [1.82, 2.24) is 10.3 Å². The predicted octanol–water partition coefficient (Wildman–Crippen LogP) is 3.20. The fourth-order valence-electron chi connectivity index (χ4n) is 2.13. The largest absolute Gasteiger partial charge is 0.379 e. The Kier molecular flexibility index (Phi) is 7.03. The Hall–Kier alpha value is -0.930. The van der Waals surface area contributed by atoms with Crippen LogP contribution in [-0.4, -0.2) is 30.3 Å². The lowest BCUT2D eigenvalue weighted by molar-refractivity contribution is 0.0116. The number of ether oxygens (including phenoxy) is 1. The first-order valence-corrected chi connectivity index (χ1v) is 7.26. The molecule has 0 saturated heterocycles. The molecule has 19 heavy (non-hydrogen) atoms. The van der Waals surface area contributed by atoms with Crippen molar-refractivity contribution >= 4 is 0 Å². The van der Waals surface area contributed by atoms with Crippen LogP contribution in [0.3, 0.4) is 0 Å². The summed E-state index contributed by atoms with van der Waals surface area (Å²) in [6, 6.07) is 6.66. The van der Waals surface area contributed by atoms with Gasteiger partial charge in [-0.15, -0.1) is 0 Å². The molecule has 0 fully saturated rings. The lowest BCUT2D eigenvalue weighted by Gasteiger charge is -2.26. The Bertz CT molecular complexity index is 338. The molecule has 0 radical (unpaired) electrons. The van der Waals surface area contributed by atoms with Crippen molar-refractivity contribution in [3.63, 3.8) is 0 Å². The summed E-state index contributed by atoms with van der Waals surface area (Å²) in [4.78, 5) is 4.38. The highest BCUT2D eigenvalue weighted by Crippen LogP contribution is 2.18. The van der Waals surface area contributed by atoms with E-state index >= 15 is 0 Å². The van der Waals surface area contributed by atoms with Gasteiger partial charge in [0.15, 0.2) is 0 Å². The summed E-state index contributed by atoms with van der Waals surface area (Å²) in [7, 11) is 1.79. The zero-order chi connectivity index (χ0) is 14.1. The van der Waals surface area contributed by atoms with Crippen LogP contribution in [0.4, 0.5) is 0 Å². The molecule has 0 bridgehead atoms. The second-order valence-electron chi connectivity index (χ2n) is 5.62. The Labute approximate surface area is 117 Å². The smallest absolute Gasteiger partial charge is 0.0623 e. The van der Waals surface area contributed by atoms with Crippen molar-refractivity contribution in [3.05, 3.63) is 30.1 Å². The van der Waals surface area contributed by atoms with Gasteiger partial charge < -0.3 is 10.1 Å². The molecule has 1 unspecified atom stereocenters. The van der Waals surface area contributed by atoms with Crippen molar-refractivity contribution in [2.45, 2.75) is 58.1 Å². The maximum Gasteiger partial charge on any atom is 0.0623 e. The average Bonchev–Trinajstić information content (AvgIpc) is 2.43. The Balaban J connectivity index is 2.40. The highest BCUT2D eigenvalue weighted by Gasteiger charge is 2.18. The third-order valence-corrected chi connectivity index (χ3v) is 3.62. The van der Waals surface area contributed by atoms with E-state index in [1.54, 1.807) is 7.11 Å². The van der Waals surface area contributed by atoms with E-state index in [1.807, 2.05) is 12.3 Å². The molecule has 0 aliphatic rings. The van der Waals surface area contributed by atoms with Crippen LogP contribution in [0.25, 0.3) is 0 Å². The minimum Gasteiger partial charge on any atom is -0.379 e. The second-order valence-corrected chi connectivity index (χ2v) is 5.62. The molecule has 1 atom stereocenters. The van der Waals surface area contributed by atoms with E-state index in [9.17, 15) is 0 Å². The molecule has 0 aliphatic carbocycles. The van der Waals surface area contributed by atoms with Gasteiger partial charge in [0.25, 0.3) is 0 Å². The number of hydrogen-bond donors (Lipinski definition) is 1. The molecule has 3 nitrogen and oxygen atoms in total. The SMILES string of the molecule is CCNC(CCc1ccccn1)CCC(C)(C)OC. The lowest BCUT2D eigenvalue weighted by atomic mass is 9.96. The van der Waals surface area contributed by atoms with E-state index in [0.717, 1.165) is 32.2 Å². The van der Waals surface area contributed by atoms with Crippen LogP contribution >= 0.6 is 0 Å². The molecule has 0 aromatic carbocycles. The molecule has 1 heterocycles. The summed E-state index contributed by atoms with van der Waals surface area (Å²) in [5.41, 5.74) is 1.15. The minimum atomic E-state index is -0.0291. The van der Waals surface area contributed by atoms with Gasteiger partial charge in [0.1, 0.15) is 0 Å². The number of aryl methyl sites for hydroxylation is 1. The minimum absolute atomic E-state index is 0.0291. The molecule has 1 aromatic rings. The topological polar surface area (TPSA) is 34.2 Å². The summed E-state index contributed by atoms with van der Waals surface area (Å²) in [6.07, 6.45) is 6.24. The monoisotopic (exact) mass is 264 g/mol. The summed E-state index contributed by atoms with van der Waals surface area (Å²) in [5.74, 6) is 0. The van der Waals surface area contributed by atoms with Gasteiger partial charge in [0.2, 0.25) is 0 Å². The molecule has 1 N–H and O–H groups in total. The summed E-state index contributed by atoms with van der Waals surface area (Å²) >= 11 is 0. The maximum absolute atomic E-state index is 5.49. The molecule has 1 rings (SSSR count). The molecular weight excluding hydrogens is 236 g/mol. The van der Waals surface area contributed by atoms with E-state index in [0.29, 0.717) is 6.04 Å². The van der Waals surface area contributed by atoms with Gasteiger partial charge in [0, 0.05) is 25.0 Å². The van der Waals surface area contributed by atoms with E-state index in [1.165, 1.54) is 5.69 Å². The second kappa shape index (κ2) is 8.28. The van der Waals surface area contributed by atoms with Crippen LogP contribution in [0.2, 0.25) is 0 Å². The quantitative estimate of drug-likeness (QED) is 0.743. The van der Waals surface area contributed by atoms with Crippen LogP contribution in [0.15, 0.2) is 24.4 Å². The molecule has 1 aromatic heterocycles. The fraction of sp³-hybridized carbons (Fsp3) is 0.688. The van der Waals surface area contributed by atoms with Gasteiger partial charge in [-0.1, -0.05) is 13.0 Å². The predicted molar refractivity (Wildman–Crippen MR) is 80.3 cm³/mol. The first kappa shape index (κ1) is 16.1. The number of hydrogen-bond acceptors (Lipinski definition) is 3. The Morgan fingerprint density at radius 1 is 1.32 bits per heavy atom. The number of methoxy groups -OCH3 is 1. The lowest BCUT2D eigenvalue weighted by Crippen LogP contribution is -2.33. The van der Waals surface area contributed by atoms with Crippen LogP contribution < -0.4 is 5.32 Å². The highest BCUT2D eigenvalue weighted by molar-refractivity contribution is 5.03. The molecule has 0 spiro atoms. The molecular formula is C16H28N2O. The van der Waals surface area contributed by atoms with Gasteiger partial charge >= 0.3 is 0 Å². The van der Waals surface area contributed by atoms with Gasteiger partial charge in [-0.2, -0.15) is 0 Å². The van der Waals surface area contributed by atoms with Crippen molar-refractivity contribution < 1.29 is 4.74 Å². The highest BCUT2D eigenvalue weighted by atomic mass is 16.5. The number of aromatic nitrogens is 1. The van der Waals surface area contributed by atoms with Gasteiger partial charge in [-0.25, -0.2) is 0 Å². The van der Waals surface area contributed by atoms with Crippen molar-refractivity contribution in [1.29, 1.82) is 0 Å². The zero-order valence-electron chi connectivity index (χ0n) is 12.8. The Morgan fingerprint density at radius 2 is 2.11 bits per heavy atom. The molecule has 108 valence electrons. The zero-order valence-corrected chi connectivity index (χ0v) is 12.8. The Morgan fingerprint density at radius 3 is 2.68 bits per heavy atom. The van der Waals surface area contributed by atoms with Crippen molar-refractivity contribution in [3.8, 4) is 0 Å². The summed E-state index contributed by atoms with van der Waals surface area (Å²) in [6.45, 7) is 7.47. The van der Waals surface area contributed by atoms with Crippen molar-refractivity contribution in [2.24, 2.45) is 0 Å². The van der Waals surface area contributed by atoms with Gasteiger partial charge in [-0.05, 0) is 58.2 Å². The van der Waals surface area contributed by atoms with E-state index in [4.69, 9.17) is 4.74 Å². The number of pyridine rings is 1. The number of nitrogens with zero attached hydrogens (tertiary/aromatic N) is 1.